The smallest absolute Gasteiger partial charge is 0.307 e. The zero-order valence-electron chi connectivity index (χ0n) is 28.0. The van der Waals surface area contributed by atoms with Gasteiger partial charge >= 0.3 is 11.9 Å². The number of carbonyl (C=O) groups excluding carboxylic acids is 1. The van der Waals surface area contributed by atoms with E-state index in [4.69, 9.17) is 4.74 Å². The highest BCUT2D eigenvalue weighted by molar-refractivity contribution is 5.71. The molecule has 0 aliphatic carbocycles. The quantitative estimate of drug-likeness (QED) is 0.0490. The molecule has 0 saturated carbocycles. The average Bonchev–Trinajstić information content (AvgIpc) is 2.98. The fourth-order valence-electron chi connectivity index (χ4n) is 4.93. The molecule has 1 atom stereocenters. The van der Waals surface area contributed by atoms with Crippen molar-refractivity contribution in [2.75, 3.05) is 0 Å². The first kappa shape index (κ1) is 40.6. The molecule has 0 aromatic heterocycles. The summed E-state index contributed by atoms with van der Waals surface area (Å²) in [6, 6.07) is 0. The Morgan fingerprint density at radius 2 is 1.00 bits per heavy atom. The van der Waals surface area contributed by atoms with Gasteiger partial charge in [0.25, 0.3) is 0 Å². The summed E-state index contributed by atoms with van der Waals surface area (Å²) >= 11 is 0. The fourth-order valence-corrected chi connectivity index (χ4v) is 4.93. The summed E-state index contributed by atoms with van der Waals surface area (Å²) in [4.78, 5) is 23.5. The summed E-state index contributed by atoms with van der Waals surface area (Å²) in [6.45, 7) is 4.40. The van der Waals surface area contributed by atoms with E-state index in [0.29, 0.717) is 12.8 Å². The second-order valence-electron chi connectivity index (χ2n) is 11.7. The Labute approximate surface area is 265 Å². The van der Waals surface area contributed by atoms with Crippen molar-refractivity contribution in [3.8, 4) is 0 Å². The number of carboxylic acid groups (broad SMARTS) is 1. The first-order valence-corrected chi connectivity index (χ1v) is 17.8. The number of allylic oxidation sites excluding steroid dienone is 10. The molecule has 0 aliphatic heterocycles. The van der Waals surface area contributed by atoms with Crippen LogP contribution < -0.4 is 0 Å². The van der Waals surface area contributed by atoms with E-state index in [1.165, 1.54) is 64.2 Å². The second kappa shape index (κ2) is 34.1. The lowest BCUT2D eigenvalue weighted by atomic mass is 10.0. The summed E-state index contributed by atoms with van der Waals surface area (Å²) in [7, 11) is 0. The lowest BCUT2D eigenvalue weighted by molar-refractivity contribution is -0.153. The Kier molecular flexibility index (Phi) is 32.3. The third kappa shape index (κ3) is 34.0. The van der Waals surface area contributed by atoms with Gasteiger partial charge in [0.05, 0.1) is 6.42 Å². The van der Waals surface area contributed by atoms with Gasteiger partial charge in [0.1, 0.15) is 6.10 Å². The van der Waals surface area contributed by atoms with Crippen molar-refractivity contribution >= 4 is 11.9 Å². The van der Waals surface area contributed by atoms with Gasteiger partial charge in [-0.3, -0.25) is 9.59 Å². The van der Waals surface area contributed by atoms with E-state index in [-0.39, 0.29) is 12.4 Å². The predicted molar refractivity (Wildman–Crippen MR) is 185 cm³/mol. The Morgan fingerprint density at radius 1 is 0.558 bits per heavy atom. The Morgan fingerprint density at radius 3 is 1.51 bits per heavy atom. The number of carbonyl (C=O) groups is 2. The third-order valence-corrected chi connectivity index (χ3v) is 7.49. The molecule has 4 nitrogen and oxygen atoms in total. The van der Waals surface area contributed by atoms with Gasteiger partial charge < -0.3 is 9.84 Å². The van der Waals surface area contributed by atoms with Crippen LogP contribution in [0.3, 0.4) is 0 Å². The SMILES string of the molecule is CC/C=C\C/C=C\C/C=C\C/C=C\C/C=C\CCCCCCCC(=O)OC(CCCCCCCCCCCC)CC(=O)O. The van der Waals surface area contributed by atoms with Gasteiger partial charge in [-0.1, -0.05) is 152 Å². The molecule has 0 spiro atoms. The van der Waals surface area contributed by atoms with Crippen molar-refractivity contribution in [2.24, 2.45) is 0 Å². The minimum Gasteiger partial charge on any atom is -0.481 e. The molecule has 1 unspecified atom stereocenters. The van der Waals surface area contributed by atoms with E-state index >= 15 is 0 Å². The van der Waals surface area contributed by atoms with Crippen molar-refractivity contribution in [3.05, 3.63) is 60.8 Å². The summed E-state index contributed by atoms with van der Waals surface area (Å²) in [5, 5.41) is 9.21. The third-order valence-electron chi connectivity index (χ3n) is 7.49. The fraction of sp³-hybridized carbons (Fsp3) is 0.692. The topological polar surface area (TPSA) is 63.6 Å². The van der Waals surface area contributed by atoms with E-state index < -0.39 is 12.1 Å². The molecule has 0 aliphatic rings. The first-order valence-electron chi connectivity index (χ1n) is 17.8. The standard InChI is InChI=1S/C39H66O4/c1-3-5-7-9-11-13-15-16-17-18-19-20-21-22-23-24-25-27-29-31-33-35-39(42)43-37(36-38(40)41)34-32-30-28-26-14-12-10-8-6-4-2/h5,7,11,13,16-17,19-20,22-23,37H,3-4,6,8-10,12,14-15,18,21,24-36H2,1-2H3,(H,40,41)/b7-5-,13-11-,17-16-,20-19-,23-22-. The number of aliphatic carboxylic acids is 1. The van der Waals surface area contributed by atoms with Gasteiger partial charge in [0.2, 0.25) is 0 Å². The summed E-state index contributed by atoms with van der Waals surface area (Å²) in [5.41, 5.74) is 0. The maximum absolute atomic E-state index is 12.3. The van der Waals surface area contributed by atoms with Crippen molar-refractivity contribution in [2.45, 2.75) is 174 Å². The lowest BCUT2D eigenvalue weighted by Crippen LogP contribution is -2.21. The van der Waals surface area contributed by atoms with Crippen molar-refractivity contribution in [1.82, 2.24) is 0 Å². The van der Waals surface area contributed by atoms with Gasteiger partial charge in [0, 0.05) is 6.42 Å². The molecule has 0 radical (unpaired) electrons. The average molecular weight is 599 g/mol. The second-order valence-corrected chi connectivity index (χ2v) is 11.7. The highest BCUT2D eigenvalue weighted by Crippen LogP contribution is 2.16. The van der Waals surface area contributed by atoms with Gasteiger partial charge in [0.15, 0.2) is 0 Å². The summed E-state index contributed by atoms with van der Waals surface area (Å²) < 4.78 is 5.55. The van der Waals surface area contributed by atoms with Crippen LogP contribution in [0.15, 0.2) is 60.8 Å². The van der Waals surface area contributed by atoms with Crippen LogP contribution in [-0.4, -0.2) is 23.1 Å². The number of rotatable bonds is 31. The summed E-state index contributed by atoms with van der Waals surface area (Å²) in [6.07, 6.45) is 46.6. The largest absolute Gasteiger partial charge is 0.481 e. The highest BCUT2D eigenvalue weighted by atomic mass is 16.5. The van der Waals surface area contributed by atoms with Crippen LogP contribution in [0.2, 0.25) is 0 Å². The van der Waals surface area contributed by atoms with Crippen LogP contribution in [0.4, 0.5) is 0 Å². The minimum absolute atomic E-state index is 0.0844. The molecule has 246 valence electrons. The molecule has 0 aromatic rings. The van der Waals surface area contributed by atoms with Gasteiger partial charge in [-0.2, -0.15) is 0 Å². The Balaban J connectivity index is 3.74. The number of hydrogen-bond acceptors (Lipinski definition) is 3. The Hall–Kier alpha value is -2.36. The van der Waals surface area contributed by atoms with Crippen LogP contribution in [0, 0.1) is 0 Å². The van der Waals surface area contributed by atoms with Crippen molar-refractivity contribution in [3.63, 3.8) is 0 Å². The molecule has 0 heterocycles. The van der Waals surface area contributed by atoms with Crippen LogP contribution in [0.5, 0.6) is 0 Å². The molecule has 0 saturated heterocycles. The van der Waals surface area contributed by atoms with Crippen molar-refractivity contribution in [1.29, 1.82) is 0 Å². The van der Waals surface area contributed by atoms with Crippen LogP contribution >= 0.6 is 0 Å². The monoisotopic (exact) mass is 598 g/mol. The maximum atomic E-state index is 12.3. The zero-order valence-corrected chi connectivity index (χ0v) is 28.0. The maximum Gasteiger partial charge on any atom is 0.307 e. The first-order chi connectivity index (χ1) is 21.1. The van der Waals surface area contributed by atoms with E-state index in [9.17, 15) is 14.7 Å². The number of unbranched alkanes of at least 4 members (excludes halogenated alkanes) is 14. The van der Waals surface area contributed by atoms with Crippen LogP contribution in [0.25, 0.3) is 0 Å². The zero-order chi connectivity index (χ0) is 31.5. The minimum atomic E-state index is -0.891. The van der Waals surface area contributed by atoms with E-state index in [2.05, 4.69) is 74.6 Å². The van der Waals surface area contributed by atoms with E-state index in [1.807, 2.05) is 0 Å². The normalized spacial score (nSPS) is 13.0. The number of carboxylic acids is 1. The molecular weight excluding hydrogens is 532 g/mol. The van der Waals surface area contributed by atoms with Crippen molar-refractivity contribution < 1.29 is 19.4 Å². The molecule has 43 heavy (non-hydrogen) atoms. The number of esters is 1. The molecule has 0 aromatic carbocycles. The van der Waals surface area contributed by atoms with Crippen LogP contribution in [0.1, 0.15) is 168 Å². The van der Waals surface area contributed by atoms with Gasteiger partial charge in [-0.05, 0) is 64.2 Å². The number of hydrogen-bond donors (Lipinski definition) is 1. The molecule has 0 fully saturated rings. The predicted octanol–water partition coefficient (Wildman–Crippen LogP) is 12.2. The van der Waals surface area contributed by atoms with Gasteiger partial charge in [-0.25, -0.2) is 0 Å². The van der Waals surface area contributed by atoms with Gasteiger partial charge in [-0.15, -0.1) is 0 Å². The van der Waals surface area contributed by atoms with Crippen LogP contribution in [-0.2, 0) is 14.3 Å². The molecule has 0 bridgehead atoms. The molecule has 0 rings (SSSR count). The number of ether oxygens (including phenoxy) is 1. The highest BCUT2D eigenvalue weighted by Gasteiger charge is 2.17. The summed E-state index contributed by atoms with van der Waals surface area (Å²) in [5.74, 6) is -1.13. The lowest BCUT2D eigenvalue weighted by Gasteiger charge is -2.16. The molecule has 1 N–H and O–H groups in total. The van der Waals surface area contributed by atoms with E-state index in [1.54, 1.807) is 0 Å². The Bertz CT molecular complexity index is 774. The molecular formula is C39H66O4. The molecule has 4 heteroatoms. The van der Waals surface area contributed by atoms with E-state index in [0.717, 1.165) is 70.6 Å². The molecule has 0 amide bonds.